The molecule has 1 saturated heterocycles. The Balaban J connectivity index is 1.61. The molecule has 0 atom stereocenters. The van der Waals surface area contributed by atoms with E-state index in [1.807, 2.05) is 18.2 Å². The minimum atomic E-state index is -3.47. The molecule has 6 nitrogen and oxygen atoms in total. The van der Waals surface area contributed by atoms with Crippen molar-refractivity contribution in [2.45, 2.75) is 17.7 Å². The van der Waals surface area contributed by atoms with Crippen molar-refractivity contribution in [3.8, 4) is 0 Å². The number of halogens is 1. The third kappa shape index (κ3) is 3.73. The molecule has 0 bridgehead atoms. The molecule has 1 N–H and O–H groups in total. The van der Waals surface area contributed by atoms with Gasteiger partial charge >= 0.3 is 0 Å². The molecule has 0 spiro atoms. The highest BCUT2D eigenvalue weighted by Crippen LogP contribution is 2.30. The normalized spacial score (nSPS) is 15.3. The van der Waals surface area contributed by atoms with Gasteiger partial charge in [0.05, 0.1) is 20.7 Å². The van der Waals surface area contributed by atoms with Gasteiger partial charge in [-0.05, 0) is 65.8 Å². The number of thiazole rings is 1. The Hall–Kier alpha value is -1.56. The zero-order valence-corrected chi connectivity index (χ0v) is 18.0. The molecule has 2 aromatic carbocycles. The minimum absolute atomic E-state index is 0.232. The second-order valence-electron chi connectivity index (χ2n) is 6.19. The van der Waals surface area contributed by atoms with Gasteiger partial charge in [0.25, 0.3) is 5.91 Å². The van der Waals surface area contributed by atoms with Crippen molar-refractivity contribution in [1.82, 2.24) is 9.29 Å². The van der Waals surface area contributed by atoms with Gasteiger partial charge in [0.15, 0.2) is 5.13 Å². The van der Waals surface area contributed by atoms with Crippen molar-refractivity contribution < 1.29 is 13.2 Å². The molecule has 3 aromatic rings. The molecule has 0 aliphatic carbocycles. The van der Waals surface area contributed by atoms with Crippen LogP contribution in [0, 0.1) is 3.57 Å². The molecule has 9 heteroatoms. The summed E-state index contributed by atoms with van der Waals surface area (Å²) in [5.74, 6) is -0.232. The SMILES string of the molecule is O=C(Nc1nc2ccc(S(=O)(=O)N3CCCC3)cc2s1)c1ccccc1I. The first-order chi connectivity index (χ1) is 12.9. The number of fused-ring (bicyclic) bond motifs is 1. The maximum absolute atomic E-state index is 12.7. The molecule has 0 radical (unpaired) electrons. The highest BCUT2D eigenvalue weighted by molar-refractivity contribution is 14.1. The summed E-state index contributed by atoms with van der Waals surface area (Å²) in [6.07, 6.45) is 1.80. The molecule has 0 unspecified atom stereocenters. The average Bonchev–Trinajstić information content (AvgIpc) is 3.31. The molecular weight excluding hydrogens is 497 g/mol. The van der Waals surface area contributed by atoms with E-state index in [4.69, 9.17) is 0 Å². The average molecular weight is 513 g/mol. The van der Waals surface area contributed by atoms with E-state index < -0.39 is 10.0 Å². The van der Waals surface area contributed by atoms with Crippen molar-refractivity contribution >= 4 is 65.2 Å². The Labute approximate surface area is 174 Å². The summed E-state index contributed by atoms with van der Waals surface area (Å²) < 4.78 is 28.6. The van der Waals surface area contributed by atoms with Crippen molar-refractivity contribution in [1.29, 1.82) is 0 Å². The number of carbonyl (C=O) groups is 1. The lowest BCUT2D eigenvalue weighted by Gasteiger charge is -2.15. The number of rotatable bonds is 4. The van der Waals surface area contributed by atoms with E-state index in [0.29, 0.717) is 29.3 Å². The Bertz CT molecular complexity index is 1120. The number of sulfonamides is 1. The van der Waals surface area contributed by atoms with E-state index >= 15 is 0 Å². The van der Waals surface area contributed by atoms with Gasteiger partial charge in [-0.1, -0.05) is 23.5 Å². The van der Waals surface area contributed by atoms with Gasteiger partial charge in [0, 0.05) is 16.7 Å². The summed E-state index contributed by atoms with van der Waals surface area (Å²) >= 11 is 3.39. The van der Waals surface area contributed by atoms with Gasteiger partial charge < -0.3 is 0 Å². The van der Waals surface area contributed by atoms with E-state index in [9.17, 15) is 13.2 Å². The van der Waals surface area contributed by atoms with Crippen LogP contribution in [-0.4, -0.2) is 36.7 Å². The lowest BCUT2D eigenvalue weighted by Crippen LogP contribution is -2.27. The number of hydrogen-bond acceptors (Lipinski definition) is 5. The van der Waals surface area contributed by atoms with E-state index in [1.54, 1.807) is 24.3 Å². The molecule has 27 heavy (non-hydrogen) atoms. The van der Waals surface area contributed by atoms with Crippen molar-refractivity contribution in [3.63, 3.8) is 0 Å². The number of nitrogens with one attached hydrogen (secondary N) is 1. The maximum Gasteiger partial charge on any atom is 0.258 e. The highest BCUT2D eigenvalue weighted by atomic mass is 127. The number of carbonyl (C=O) groups excluding carboxylic acids is 1. The topological polar surface area (TPSA) is 79.4 Å². The molecule has 1 amide bonds. The number of anilines is 1. The number of aromatic nitrogens is 1. The fraction of sp³-hybridized carbons (Fsp3) is 0.222. The summed E-state index contributed by atoms with van der Waals surface area (Å²) in [6, 6.07) is 12.2. The van der Waals surface area contributed by atoms with Gasteiger partial charge in [0.2, 0.25) is 10.0 Å². The van der Waals surface area contributed by atoms with Crippen molar-refractivity contribution in [2.75, 3.05) is 18.4 Å². The number of amides is 1. The molecule has 140 valence electrons. The fourth-order valence-electron chi connectivity index (χ4n) is 3.01. The van der Waals surface area contributed by atoms with Crippen LogP contribution in [0.1, 0.15) is 23.2 Å². The summed E-state index contributed by atoms with van der Waals surface area (Å²) in [5.41, 5.74) is 1.24. The molecule has 2 heterocycles. The molecule has 1 aromatic heterocycles. The highest BCUT2D eigenvalue weighted by Gasteiger charge is 2.27. The third-order valence-corrected chi connectivity index (χ3v) is 8.17. The first-order valence-corrected chi connectivity index (χ1v) is 11.8. The molecule has 1 fully saturated rings. The summed E-state index contributed by atoms with van der Waals surface area (Å²) in [5, 5.41) is 3.26. The van der Waals surface area contributed by atoms with E-state index in [2.05, 4.69) is 32.9 Å². The van der Waals surface area contributed by atoms with Crippen LogP contribution in [-0.2, 0) is 10.0 Å². The zero-order chi connectivity index (χ0) is 19.0. The van der Waals surface area contributed by atoms with Crippen LogP contribution in [0.5, 0.6) is 0 Å². The summed E-state index contributed by atoms with van der Waals surface area (Å²) in [4.78, 5) is 17.1. The molecule has 4 rings (SSSR count). The predicted molar refractivity (Wildman–Crippen MR) is 115 cm³/mol. The smallest absolute Gasteiger partial charge is 0.258 e. The van der Waals surface area contributed by atoms with Crippen LogP contribution in [0.15, 0.2) is 47.4 Å². The number of benzene rings is 2. The minimum Gasteiger partial charge on any atom is -0.298 e. The van der Waals surface area contributed by atoms with Crippen LogP contribution in [0.4, 0.5) is 5.13 Å². The second kappa shape index (κ2) is 7.46. The van der Waals surface area contributed by atoms with Crippen LogP contribution >= 0.6 is 33.9 Å². The Kier molecular flexibility index (Phi) is 5.19. The van der Waals surface area contributed by atoms with E-state index in [1.165, 1.54) is 15.6 Å². The Morgan fingerprint density at radius 2 is 1.89 bits per heavy atom. The van der Waals surface area contributed by atoms with Crippen LogP contribution in [0.25, 0.3) is 10.2 Å². The monoisotopic (exact) mass is 513 g/mol. The second-order valence-corrected chi connectivity index (χ2v) is 10.3. The van der Waals surface area contributed by atoms with Crippen molar-refractivity contribution in [3.05, 3.63) is 51.6 Å². The fourth-order valence-corrected chi connectivity index (χ4v) is 6.16. The molecule has 1 aliphatic rings. The predicted octanol–water partition coefficient (Wildman–Crippen LogP) is 3.94. The Morgan fingerprint density at radius 3 is 2.63 bits per heavy atom. The van der Waals surface area contributed by atoms with Crippen LogP contribution < -0.4 is 5.32 Å². The van der Waals surface area contributed by atoms with Gasteiger partial charge in [-0.15, -0.1) is 0 Å². The number of hydrogen-bond donors (Lipinski definition) is 1. The quantitative estimate of drug-likeness (QED) is 0.537. The lowest BCUT2D eigenvalue weighted by atomic mass is 10.2. The lowest BCUT2D eigenvalue weighted by molar-refractivity contribution is 0.102. The molecular formula is C18H16IN3O3S2. The standard InChI is InChI=1S/C18H16IN3O3S2/c19-14-6-2-1-5-13(14)17(23)21-18-20-15-8-7-12(11-16(15)26-18)27(24,25)22-9-3-4-10-22/h1-2,5-8,11H,3-4,9-10H2,(H,20,21,23). The maximum atomic E-state index is 12.7. The summed E-state index contributed by atoms with van der Waals surface area (Å²) in [7, 11) is -3.47. The van der Waals surface area contributed by atoms with Crippen molar-refractivity contribution in [2.24, 2.45) is 0 Å². The Morgan fingerprint density at radius 1 is 1.15 bits per heavy atom. The third-order valence-electron chi connectivity index (χ3n) is 4.40. The van der Waals surface area contributed by atoms with Gasteiger partial charge in [0.1, 0.15) is 0 Å². The number of nitrogens with zero attached hydrogens (tertiary/aromatic N) is 2. The first kappa shape index (κ1) is 18.8. The van der Waals surface area contributed by atoms with Gasteiger partial charge in [-0.2, -0.15) is 4.31 Å². The molecule has 0 saturated carbocycles. The van der Waals surface area contributed by atoms with E-state index in [0.717, 1.165) is 21.1 Å². The summed E-state index contributed by atoms with van der Waals surface area (Å²) in [6.45, 7) is 1.14. The van der Waals surface area contributed by atoms with Gasteiger partial charge in [-0.25, -0.2) is 13.4 Å². The molecule has 1 aliphatic heterocycles. The zero-order valence-electron chi connectivity index (χ0n) is 14.2. The van der Waals surface area contributed by atoms with Gasteiger partial charge in [-0.3, -0.25) is 10.1 Å². The largest absolute Gasteiger partial charge is 0.298 e. The first-order valence-electron chi connectivity index (χ1n) is 8.42. The van der Waals surface area contributed by atoms with Crippen LogP contribution in [0.2, 0.25) is 0 Å². The van der Waals surface area contributed by atoms with E-state index in [-0.39, 0.29) is 10.8 Å². The van der Waals surface area contributed by atoms with Crippen LogP contribution in [0.3, 0.4) is 0 Å².